The van der Waals surface area contributed by atoms with Crippen molar-refractivity contribution in [2.45, 2.75) is 19.9 Å². The molecule has 0 atom stereocenters. The van der Waals surface area contributed by atoms with Crippen LogP contribution in [0.25, 0.3) is 11.3 Å². The topological polar surface area (TPSA) is 79.1 Å². The SMILES string of the molecule is COc1ccc(-c2nn(C(C)C)c(N)c2N)cc1. The van der Waals surface area contributed by atoms with Crippen molar-refractivity contribution in [3.63, 3.8) is 0 Å². The van der Waals surface area contributed by atoms with Crippen LogP contribution in [-0.2, 0) is 0 Å². The fraction of sp³-hybridized carbons (Fsp3) is 0.308. The van der Waals surface area contributed by atoms with Gasteiger partial charge in [-0.05, 0) is 38.1 Å². The number of rotatable bonds is 3. The van der Waals surface area contributed by atoms with Crippen LogP contribution in [0.15, 0.2) is 24.3 Å². The van der Waals surface area contributed by atoms with Crippen molar-refractivity contribution in [3.05, 3.63) is 24.3 Å². The molecule has 0 aliphatic rings. The predicted octanol–water partition coefficient (Wildman–Crippen LogP) is 2.30. The van der Waals surface area contributed by atoms with Crippen molar-refractivity contribution >= 4 is 11.5 Å². The van der Waals surface area contributed by atoms with Crippen LogP contribution in [0.3, 0.4) is 0 Å². The highest BCUT2D eigenvalue weighted by atomic mass is 16.5. The molecule has 0 saturated carbocycles. The fourth-order valence-corrected chi connectivity index (χ4v) is 1.82. The summed E-state index contributed by atoms with van der Waals surface area (Å²) in [4.78, 5) is 0. The first-order chi connectivity index (χ1) is 8.54. The molecule has 2 rings (SSSR count). The largest absolute Gasteiger partial charge is 0.497 e. The van der Waals surface area contributed by atoms with E-state index in [1.54, 1.807) is 11.8 Å². The van der Waals surface area contributed by atoms with Gasteiger partial charge in [-0.2, -0.15) is 5.10 Å². The van der Waals surface area contributed by atoms with E-state index >= 15 is 0 Å². The average Bonchev–Trinajstić information content (AvgIpc) is 2.67. The minimum absolute atomic E-state index is 0.180. The van der Waals surface area contributed by atoms with Gasteiger partial charge in [0.2, 0.25) is 0 Å². The second-order valence-electron chi connectivity index (χ2n) is 4.41. The number of hydrogen-bond donors (Lipinski definition) is 2. The van der Waals surface area contributed by atoms with E-state index in [1.165, 1.54) is 0 Å². The number of anilines is 2. The zero-order valence-electron chi connectivity index (χ0n) is 10.8. The Labute approximate surface area is 106 Å². The number of nitrogens with zero attached hydrogens (tertiary/aromatic N) is 2. The second-order valence-corrected chi connectivity index (χ2v) is 4.41. The maximum atomic E-state index is 6.00. The highest BCUT2D eigenvalue weighted by molar-refractivity contribution is 5.80. The summed E-state index contributed by atoms with van der Waals surface area (Å²) in [6, 6.07) is 7.77. The van der Waals surface area contributed by atoms with Crippen LogP contribution in [0.5, 0.6) is 5.75 Å². The zero-order chi connectivity index (χ0) is 13.3. The van der Waals surface area contributed by atoms with Gasteiger partial charge in [-0.25, -0.2) is 4.68 Å². The van der Waals surface area contributed by atoms with E-state index in [0.29, 0.717) is 17.2 Å². The quantitative estimate of drug-likeness (QED) is 0.871. The maximum Gasteiger partial charge on any atom is 0.146 e. The van der Waals surface area contributed by atoms with Crippen molar-refractivity contribution < 1.29 is 4.74 Å². The van der Waals surface area contributed by atoms with Crippen LogP contribution in [-0.4, -0.2) is 16.9 Å². The molecule has 0 spiro atoms. The van der Waals surface area contributed by atoms with E-state index in [4.69, 9.17) is 16.2 Å². The Kier molecular flexibility index (Phi) is 3.14. The molecule has 1 aromatic carbocycles. The summed E-state index contributed by atoms with van der Waals surface area (Å²) in [5.74, 6) is 1.31. The van der Waals surface area contributed by atoms with Gasteiger partial charge in [-0.15, -0.1) is 0 Å². The number of nitrogens with two attached hydrogens (primary N) is 2. The zero-order valence-corrected chi connectivity index (χ0v) is 10.8. The predicted molar refractivity (Wildman–Crippen MR) is 73.4 cm³/mol. The molecular formula is C13H18N4O. The second kappa shape index (κ2) is 4.60. The summed E-state index contributed by atoms with van der Waals surface area (Å²) in [6.07, 6.45) is 0. The summed E-state index contributed by atoms with van der Waals surface area (Å²) in [5, 5.41) is 4.46. The van der Waals surface area contributed by atoms with Gasteiger partial charge in [-0.3, -0.25) is 0 Å². The molecule has 1 heterocycles. The van der Waals surface area contributed by atoms with Gasteiger partial charge in [0.25, 0.3) is 0 Å². The van der Waals surface area contributed by atoms with Gasteiger partial charge in [-0.1, -0.05) is 0 Å². The first kappa shape index (κ1) is 12.3. The van der Waals surface area contributed by atoms with Gasteiger partial charge in [0.1, 0.15) is 22.9 Å². The first-order valence-corrected chi connectivity index (χ1v) is 5.82. The molecule has 2 aromatic rings. The summed E-state index contributed by atoms with van der Waals surface area (Å²) >= 11 is 0. The van der Waals surface area contributed by atoms with Gasteiger partial charge >= 0.3 is 0 Å². The normalized spacial score (nSPS) is 10.9. The molecule has 0 fully saturated rings. The Bertz CT molecular complexity index is 543. The molecule has 1 aromatic heterocycles. The number of hydrogen-bond acceptors (Lipinski definition) is 4. The molecule has 0 bridgehead atoms. The van der Waals surface area contributed by atoms with Crippen LogP contribution < -0.4 is 16.2 Å². The molecule has 0 amide bonds. The summed E-state index contributed by atoms with van der Waals surface area (Å²) in [7, 11) is 1.63. The van der Waals surface area contributed by atoms with E-state index in [2.05, 4.69) is 5.10 Å². The van der Waals surface area contributed by atoms with Gasteiger partial charge in [0, 0.05) is 11.6 Å². The van der Waals surface area contributed by atoms with E-state index in [1.807, 2.05) is 38.1 Å². The van der Waals surface area contributed by atoms with Crippen LogP contribution in [0.1, 0.15) is 19.9 Å². The minimum Gasteiger partial charge on any atom is -0.497 e. The number of benzene rings is 1. The lowest BCUT2D eigenvalue weighted by Crippen LogP contribution is -2.07. The Balaban J connectivity index is 2.47. The molecule has 5 heteroatoms. The summed E-state index contributed by atoms with van der Waals surface area (Å²) in [5.41, 5.74) is 14.1. The van der Waals surface area contributed by atoms with Crippen molar-refractivity contribution in [1.29, 1.82) is 0 Å². The maximum absolute atomic E-state index is 6.00. The monoisotopic (exact) mass is 246 g/mol. The Morgan fingerprint density at radius 3 is 2.22 bits per heavy atom. The number of methoxy groups -OCH3 is 1. The van der Waals surface area contributed by atoms with E-state index in [9.17, 15) is 0 Å². The van der Waals surface area contributed by atoms with Crippen molar-refractivity contribution in [3.8, 4) is 17.0 Å². The molecule has 0 radical (unpaired) electrons. The minimum atomic E-state index is 0.180. The standard InChI is InChI=1S/C13H18N4O/c1-8(2)17-13(15)11(14)12(16-17)9-4-6-10(18-3)7-5-9/h4-8H,14-15H2,1-3H3. The summed E-state index contributed by atoms with van der Waals surface area (Å²) in [6.45, 7) is 4.03. The Hall–Kier alpha value is -2.17. The molecule has 0 saturated heterocycles. The molecule has 4 N–H and O–H groups in total. The van der Waals surface area contributed by atoms with Crippen LogP contribution >= 0.6 is 0 Å². The lowest BCUT2D eigenvalue weighted by atomic mass is 10.1. The van der Waals surface area contributed by atoms with Crippen LogP contribution in [0, 0.1) is 0 Å². The molecule has 96 valence electrons. The molecule has 5 nitrogen and oxygen atoms in total. The van der Waals surface area contributed by atoms with E-state index in [-0.39, 0.29) is 6.04 Å². The average molecular weight is 246 g/mol. The third-order valence-corrected chi connectivity index (χ3v) is 2.84. The molecule has 0 aliphatic heterocycles. The van der Waals surface area contributed by atoms with Gasteiger partial charge in [0.15, 0.2) is 0 Å². The molecule has 18 heavy (non-hydrogen) atoms. The van der Waals surface area contributed by atoms with Crippen LogP contribution in [0.4, 0.5) is 11.5 Å². The summed E-state index contributed by atoms with van der Waals surface area (Å²) < 4.78 is 6.85. The number of ether oxygens (including phenoxy) is 1. The first-order valence-electron chi connectivity index (χ1n) is 5.82. The van der Waals surface area contributed by atoms with Crippen molar-refractivity contribution in [2.75, 3.05) is 18.6 Å². The van der Waals surface area contributed by atoms with Crippen LogP contribution in [0.2, 0.25) is 0 Å². The third-order valence-electron chi connectivity index (χ3n) is 2.84. The Morgan fingerprint density at radius 1 is 1.17 bits per heavy atom. The van der Waals surface area contributed by atoms with E-state index in [0.717, 1.165) is 11.3 Å². The molecule has 0 aliphatic carbocycles. The highest BCUT2D eigenvalue weighted by Gasteiger charge is 2.15. The van der Waals surface area contributed by atoms with Crippen molar-refractivity contribution in [1.82, 2.24) is 9.78 Å². The smallest absolute Gasteiger partial charge is 0.146 e. The number of aromatic nitrogens is 2. The molecular weight excluding hydrogens is 228 g/mol. The lowest BCUT2D eigenvalue weighted by molar-refractivity contribution is 0.415. The van der Waals surface area contributed by atoms with Gasteiger partial charge < -0.3 is 16.2 Å². The molecule has 0 unspecified atom stereocenters. The van der Waals surface area contributed by atoms with E-state index < -0.39 is 0 Å². The number of nitrogen functional groups attached to an aromatic ring is 2. The fourth-order valence-electron chi connectivity index (χ4n) is 1.82. The third kappa shape index (κ3) is 1.99. The highest BCUT2D eigenvalue weighted by Crippen LogP contribution is 2.31. The van der Waals surface area contributed by atoms with Crippen molar-refractivity contribution in [2.24, 2.45) is 0 Å². The van der Waals surface area contributed by atoms with Gasteiger partial charge in [0.05, 0.1) is 7.11 Å². The lowest BCUT2D eigenvalue weighted by Gasteiger charge is -2.06. The Morgan fingerprint density at radius 2 is 1.78 bits per heavy atom.